The molecule has 2 rings (SSSR count). The van der Waals surface area contributed by atoms with Gasteiger partial charge in [-0.05, 0) is 37.5 Å². The molecule has 1 heterocycles. The maximum atomic E-state index is 12.5. The number of fused-ring (bicyclic) bond motifs is 1. The van der Waals surface area contributed by atoms with E-state index < -0.39 is 0 Å². The number of hydrogen-bond donors (Lipinski definition) is 0. The number of allylic oxidation sites excluding steroid dienone is 2. The first-order valence-electron chi connectivity index (χ1n) is 8.06. The number of rotatable bonds is 4. The largest absolute Gasteiger partial charge is 0.285 e. The summed E-state index contributed by atoms with van der Waals surface area (Å²) < 4.78 is 0. The van der Waals surface area contributed by atoms with Gasteiger partial charge in [0.05, 0.1) is 11.8 Å². The van der Waals surface area contributed by atoms with Gasteiger partial charge in [0.2, 0.25) is 11.8 Å². The summed E-state index contributed by atoms with van der Waals surface area (Å²) in [7, 11) is 1.65. The maximum absolute atomic E-state index is 12.5. The van der Waals surface area contributed by atoms with Crippen LogP contribution in [0.3, 0.4) is 0 Å². The van der Waals surface area contributed by atoms with Crippen LogP contribution in [0.2, 0.25) is 0 Å². The number of amides is 2. The molecule has 3 heteroatoms. The Hall–Kier alpha value is -1.12. The quantitative estimate of drug-likeness (QED) is 0.583. The predicted octanol–water partition coefficient (Wildman–Crippen LogP) is 3.40. The molecular formula is C17H27NO2. The van der Waals surface area contributed by atoms with Crippen LogP contribution in [0.5, 0.6) is 0 Å². The van der Waals surface area contributed by atoms with E-state index in [4.69, 9.17) is 0 Å². The summed E-state index contributed by atoms with van der Waals surface area (Å²) in [5.74, 6) is 0.423. The molecular weight excluding hydrogens is 250 g/mol. The lowest BCUT2D eigenvalue weighted by molar-refractivity contribution is -0.138. The SMILES string of the molecule is CCC1=C(CC)C(CC)C2C(=O)N(C)C(=O)C2C1CC. The number of carbonyl (C=O) groups is 2. The summed E-state index contributed by atoms with van der Waals surface area (Å²) in [4.78, 5) is 26.4. The third-order valence-electron chi connectivity index (χ3n) is 5.43. The van der Waals surface area contributed by atoms with E-state index in [2.05, 4.69) is 27.7 Å². The van der Waals surface area contributed by atoms with Gasteiger partial charge in [-0.3, -0.25) is 14.5 Å². The molecule has 0 spiro atoms. The molecule has 4 unspecified atom stereocenters. The van der Waals surface area contributed by atoms with Crippen LogP contribution in [0.4, 0.5) is 0 Å². The molecule has 0 aromatic rings. The van der Waals surface area contributed by atoms with E-state index in [1.165, 1.54) is 16.0 Å². The van der Waals surface area contributed by atoms with E-state index in [0.717, 1.165) is 25.7 Å². The van der Waals surface area contributed by atoms with Crippen LogP contribution >= 0.6 is 0 Å². The van der Waals surface area contributed by atoms with Crippen LogP contribution in [0.25, 0.3) is 0 Å². The van der Waals surface area contributed by atoms with Crippen LogP contribution in [0.15, 0.2) is 11.1 Å². The van der Waals surface area contributed by atoms with Crippen LogP contribution in [0.1, 0.15) is 53.4 Å². The van der Waals surface area contributed by atoms with Gasteiger partial charge in [-0.25, -0.2) is 0 Å². The molecule has 1 fully saturated rings. The van der Waals surface area contributed by atoms with E-state index in [0.29, 0.717) is 0 Å². The highest BCUT2D eigenvalue weighted by Gasteiger charge is 2.55. The highest BCUT2D eigenvalue weighted by Crippen LogP contribution is 2.51. The van der Waals surface area contributed by atoms with Gasteiger partial charge in [0.15, 0.2) is 0 Å². The molecule has 0 aromatic carbocycles. The van der Waals surface area contributed by atoms with Crippen molar-refractivity contribution in [2.45, 2.75) is 53.4 Å². The van der Waals surface area contributed by atoms with Crippen molar-refractivity contribution in [3.8, 4) is 0 Å². The zero-order chi connectivity index (χ0) is 15.0. The Labute approximate surface area is 122 Å². The van der Waals surface area contributed by atoms with Crippen LogP contribution in [0, 0.1) is 23.7 Å². The Morgan fingerprint density at radius 3 is 1.40 bits per heavy atom. The minimum Gasteiger partial charge on any atom is -0.285 e. The van der Waals surface area contributed by atoms with Gasteiger partial charge >= 0.3 is 0 Å². The molecule has 0 radical (unpaired) electrons. The van der Waals surface area contributed by atoms with Crippen LogP contribution in [-0.4, -0.2) is 23.8 Å². The average molecular weight is 277 g/mol. The van der Waals surface area contributed by atoms with E-state index in [1.807, 2.05) is 0 Å². The summed E-state index contributed by atoms with van der Waals surface area (Å²) in [6.45, 7) is 8.66. The Morgan fingerprint density at radius 1 is 0.800 bits per heavy atom. The molecule has 3 nitrogen and oxygen atoms in total. The fraction of sp³-hybridized carbons (Fsp3) is 0.765. The van der Waals surface area contributed by atoms with Crippen LogP contribution in [-0.2, 0) is 9.59 Å². The van der Waals surface area contributed by atoms with Gasteiger partial charge in [0.1, 0.15) is 0 Å². The standard InChI is InChI=1S/C17H27NO2/c1-6-10-11(7-2)13(9-4)15-14(12(10)8-3)16(19)18(5)17(15)20/h12-15H,6-9H2,1-5H3. The van der Waals surface area contributed by atoms with E-state index in [9.17, 15) is 9.59 Å². The molecule has 0 saturated carbocycles. The molecule has 0 bridgehead atoms. The molecule has 0 N–H and O–H groups in total. The van der Waals surface area contributed by atoms with Gasteiger partial charge in [-0.1, -0.05) is 38.8 Å². The highest BCUT2D eigenvalue weighted by atomic mass is 16.2. The van der Waals surface area contributed by atoms with E-state index in [-0.39, 0.29) is 35.5 Å². The minimum absolute atomic E-state index is 0.0476. The lowest BCUT2D eigenvalue weighted by Crippen LogP contribution is -2.38. The first kappa shape index (κ1) is 15.3. The third-order valence-corrected chi connectivity index (χ3v) is 5.43. The van der Waals surface area contributed by atoms with Gasteiger partial charge in [-0.2, -0.15) is 0 Å². The fourth-order valence-corrected chi connectivity index (χ4v) is 4.60. The lowest BCUT2D eigenvalue weighted by Gasteiger charge is -2.40. The first-order chi connectivity index (χ1) is 9.53. The smallest absolute Gasteiger partial charge is 0.233 e. The van der Waals surface area contributed by atoms with Crippen molar-refractivity contribution in [2.75, 3.05) is 7.05 Å². The molecule has 1 aliphatic carbocycles. The summed E-state index contributed by atoms with van der Waals surface area (Å²) in [5, 5.41) is 0. The van der Waals surface area contributed by atoms with Gasteiger partial charge in [0, 0.05) is 7.05 Å². The first-order valence-corrected chi connectivity index (χ1v) is 8.06. The molecule has 4 atom stereocenters. The van der Waals surface area contributed by atoms with Crippen LogP contribution < -0.4 is 0 Å². The van der Waals surface area contributed by atoms with Gasteiger partial charge in [-0.15, -0.1) is 0 Å². The highest BCUT2D eigenvalue weighted by molar-refractivity contribution is 6.05. The molecule has 1 aliphatic heterocycles. The second-order valence-electron chi connectivity index (χ2n) is 6.07. The predicted molar refractivity (Wildman–Crippen MR) is 79.9 cm³/mol. The zero-order valence-electron chi connectivity index (χ0n) is 13.4. The number of hydrogen-bond acceptors (Lipinski definition) is 2. The van der Waals surface area contributed by atoms with Gasteiger partial charge < -0.3 is 0 Å². The molecule has 20 heavy (non-hydrogen) atoms. The topological polar surface area (TPSA) is 37.4 Å². The van der Waals surface area contributed by atoms with Crippen molar-refractivity contribution in [1.29, 1.82) is 0 Å². The summed E-state index contributed by atoms with van der Waals surface area (Å²) in [6, 6.07) is 0. The van der Waals surface area contributed by atoms with E-state index >= 15 is 0 Å². The van der Waals surface area contributed by atoms with Crippen molar-refractivity contribution in [1.82, 2.24) is 4.90 Å². The Bertz CT molecular complexity index is 412. The number of likely N-dealkylation sites (tertiary alicyclic amines) is 1. The second kappa shape index (κ2) is 5.71. The normalized spacial score (nSPS) is 34.0. The van der Waals surface area contributed by atoms with Crippen molar-refractivity contribution in [3.63, 3.8) is 0 Å². The zero-order valence-corrected chi connectivity index (χ0v) is 13.4. The summed E-state index contributed by atoms with van der Waals surface area (Å²) >= 11 is 0. The van der Waals surface area contributed by atoms with Crippen molar-refractivity contribution < 1.29 is 9.59 Å². The molecule has 2 aliphatic rings. The van der Waals surface area contributed by atoms with Crippen molar-refractivity contribution in [2.24, 2.45) is 23.7 Å². The molecule has 112 valence electrons. The molecule has 2 amide bonds. The number of carbonyl (C=O) groups excluding carboxylic acids is 2. The summed E-state index contributed by atoms with van der Waals surface area (Å²) in [6.07, 6.45) is 3.92. The average Bonchev–Trinajstić information content (AvgIpc) is 2.69. The Kier molecular flexibility index (Phi) is 4.36. The van der Waals surface area contributed by atoms with Crippen molar-refractivity contribution in [3.05, 3.63) is 11.1 Å². The fourth-order valence-electron chi connectivity index (χ4n) is 4.60. The molecule has 0 aromatic heterocycles. The minimum atomic E-state index is -0.104. The monoisotopic (exact) mass is 277 g/mol. The van der Waals surface area contributed by atoms with Crippen molar-refractivity contribution >= 4 is 11.8 Å². The lowest BCUT2D eigenvalue weighted by atomic mass is 9.62. The van der Waals surface area contributed by atoms with E-state index in [1.54, 1.807) is 7.05 Å². The summed E-state index contributed by atoms with van der Waals surface area (Å²) in [5.41, 5.74) is 2.92. The third kappa shape index (κ3) is 1.94. The Morgan fingerprint density at radius 2 is 1.15 bits per heavy atom. The van der Waals surface area contributed by atoms with Gasteiger partial charge in [0.25, 0.3) is 0 Å². The second-order valence-corrected chi connectivity index (χ2v) is 6.07. The number of imide groups is 1. The number of nitrogens with zero attached hydrogens (tertiary/aromatic N) is 1. The Balaban J connectivity index is 2.58. The maximum Gasteiger partial charge on any atom is 0.233 e. The molecule has 1 saturated heterocycles.